The molecule has 8 nitrogen and oxygen atoms in total. The van der Waals surface area contributed by atoms with E-state index in [0.29, 0.717) is 17.1 Å². The van der Waals surface area contributed by atoms with E-state index in [1.165, 1.54) is 7.11 Å². The highest BCUT2D eigenvalue weighted by Gasteiger charge is 2.28. The van der Waals surface area contributed by atoms with Gasteiger partial charge in [0.25, 0.3) is 5.91 Å². The summed E-state index contributed by atoms with van der Waals surface area (Å²) in [6.07, 6.45) is -0.898. The van der Waals surface area contributed by atoms with Crippen molar-refractivity contribution in [2.24, 2.45) is 0 Å². The normalized spacial score (nSPS) is 11.4. The van der Waals surface area contributed by atoms with E-state index >= 15 is 0 Å². The van der Waals surface area contributed by atoms with Crippen LogP contribution in [0.4, 0.5) is 5.00 Å². The van der Waals surface area contributed by atoms with E-state index in [0.717, 1.165) is 11.3 Å². The Hall–Kier alpha value is -3.07. The Balaban J connectivity index is 2.28. The molecule has 1 aromatic carbocycles. The molecule has 0 aliphatic carbocycles. The van der Waals surface area contributed by atoms with Crippen molar-refractivity contribution in [1.29, 1.82) is 0 Å². The fourth-order valence-corrected chi connectivity index (χ4v) is 3.71. The van der Waals surface area contributed by atoms with Crippen LogP contribution in [0.5, 0.6) is 11.5 Å². The molecule has 0 unspecified atom stereocenters. The number of hydrogen-bond donors (Lipinski definition) is 1. The van der Waals surface area contributed by atoms with Crippen molar-refractivity contribution in [2.75, 3.05) is 25.6 Å². The lowest BCUT2D eigenvalue weighted by atomic mass is 10.1. The predicted molar refractivity (Wildman–Crippen MR) is 113 cm³/mol. The second kappa shape index (κ2) is 10.6. The molecule has 30 heavy (non-hydrogen) atoms. The van der Waals surface area contributed by atoms with E-state index in [9.17, 15) is 14.4 Å². The minimum atomic E-state index is -0.898. The highest BCUT2D eigenvalue weighted by Crippen LogP contribution is 2.35. The molecule has 0 aliphatic heterocycles. The van der Waals surface area contributed by atoms with Crippen molar-refractivity contribution in [2.45, 2.75) is 33.8 Å². The van der Waals surface area contributed by atoms with Gasteiger partial charge in [-0.1, -0.05) is 12.1 Å². The maximum atomic E-state index is 12.7. The van der Waals surface area contributed by atoms with Crippen molar-refractivity contribution in [3.8, 4) is 11.5 Å². The molecule has 1 N–H and O–H groups in total. The summed E-state index contributed by atoms with van der Waals surface area (Å²) >= 11 is 0.960. The van der Waals surface area contributed by atoms with Gasteiger partial charge in [0.15, 0.2) is 17.6 Å². The molecule has 2 rings (SSSR count). The van der Waals surface area contributed by atoms with Crippen molar-refractivity contribution in [3.63, 3.8) is 0 Å². The highest BCUT2D eigenvalue weighted by molar-refractivity contribution is 7.18. The molecule has 9 heteroatoms. The van der Waals surface area contributed by atoms with Crippen LogP contribution in [0.3, 0.4) is 0 Å². The number of thiophene rings is 1. The third-order valence-corrected chi connectivity index (χ3v) is 5.25. The number of rotatable bonds is 9. The van der Waals surface area contributed by atoms with Gasteiger partial charge in [-0.05, 0) is 45.4 Å². The van der Waals surface area contributed by atoms with E-state index in [4.69, 9.17) is 18.9 Å². The molecular weight excluding hydrogens is 410 g/mol. The number of ether oxygens (including phenoxy) is 4. The summed E-state index contributed by atoms with van der Waals surface area (Å²) < 4.78 is 21.1. The summed E-state index contributed by atoms with van der Waals surface area (Å²) in [5, 5.41) is 2.87. The molecule has 1 atom stereocenters. The maximum absolute atomic E-state index is 12.7. The van der Waals surface area contributed by atoms with Crippen molar-refractivity contribution in [1.82, 2.24) is 0 Å². The van der Waals surface area contributed by atoms with E-state index in [2.05, 4.69) is 5.32 Å². The van der Waals surface area contributed by atoms with Gasteiger partial charge in [0.05, 0.1) is 25.9 Å². The van der Waals surface area contributed by atoms with Gasteiger partial charge >= 0.3 is 11.9 Å². The first kappa shape index (κ1) is 23.2. The van der Waals surface area contributed by atoms with Gasteiger partial charge in [-0.3, -0.25) is 4.79 Å². The molecule has 0 saturated heterocycles. The number of hydrogen-bond acceptors (Lipinski definition) is 8. The van der Waals surface area contributed by atoms with Crippen LogP contribution in [0.2, 0.25) is 0 Å². The first-order chi connectivity index (χ1) is 14.3. The molecule has 0 spiro atoms. The first-order valence-corrected chi connectivity index (χ1v) is 10.2. The fraction of sp³-hybridized carbons (Fsp3) is 0.381. The van der Waals surface area contributed by atoms with Crippen LogP contribution in [-0.4, -0.2) is 44.3 Å². The minimum absolute atomic E-state index is 0.128. The summed E-state index contributed by atoms with van der Waals surface area (Å²) in [5.41, 5.74) is 0.522. The summed E-state index contributed by atoms with van der Waals surface area (Å²) in [6, 6.07) is 6.94. The quantitative estimate of drug-likeness (QED) is 0.598. The lowest BCUT2D eigenvalue weighted by Gasteiger charge is -2.16. The van der Waals surface area contributed by atoms with Gasteiger partial charge < -0.3 is 24.3 Å². The molecule has 2 aromatic rings. The first-order valence-electron chi connectivity index (χ1n) is 9.42. The summed E-state index contributed by atoms with van der Waals surface area (Å²) in [4.78, 5) is 37.6. The molecule has 0 fully saturated rings. The second-order valence-corrected chi connectivity index (χ2v) is 7.12. The molecule has 0 saturated carbocycles. The van der Waals surface area contributed by atoms with Crippen LogP contribution in [-0.2, 0) is 14.3 Å². The number of para-hydroxylation sites is 2. The van der Waals surface area contributed by atoms with Crippen LogP contribution in [0, 0.1) is 6.92 Å². The van der Waals surface area contributed by atoms with Gasteiger partial charge in [0, 0.05) is 0 Å². The number of esters is 2. The Labute approximate surface area is 179 Å². The number of nitrogens with one attached hydrogen (secondary N) is 1. The van der Waals surface area contributed by atoms with Crippen molar-refractivity contribution < 1.29 is 33.3 Å². The molecule has 1 heterocycles. The largest absolute Gasteiger partial charge is 0.493 e. The van der Waals surface area contributed by atoms with Gasteiger partial charge in [0.1, 0.15) is 9.88 Å². The molecule has 0 bridgehead atoms. The van der Waals surface area contributed by atoms with Gasteiger partial charge in [-0.2, -0.15) is 0 Å². The molecule has 1 amide bonds. The maximum Gasteiger partial charge on any atom is 0.348 e. The van der Waals surface area contributed by atoms with Gasteiger partial charge in [-0.15, -0.1) is 11.3 Å². The number of amides is 1. The van der Waals surface area contributed by atoms with Crippen LogP contribution in [0.15, 0.2) is 24.3 Å². The smallest absolute Gasteiger partial charge is 0.348 e. The average Bonchev–Trinajstić information content (AvgIpc) is 3.04. The second-order valence-electron chi connectivity index (χ2n) is 6.10. The van der Waals surface area contributed by atoms with Crippen molar-refractivity contribution >= 4 is 34.2 Å². The van der Waals surface area contributed by atoms with Crippen LogP contribution in [0.1, 0.15) is 46.4 Å². The van der Waals surface area contributed by atoms with Gasteiger partial charge in [0.2, 0.25) is 0 Å². The zero-order chi connectivity index (χ0) is 22.3. The van der Waals surface area contributed by atoms with Gasteiger partial charge in [-0.25, -0.2) is 9.59 Å². The monoisotopic (exact) mass is 435 g/mol. The Morgan fingerprint density at radius 1 is 1.03 bits per heavy atom. The van der Waals surface area contributed by atoms with Crippen molar-refractivity contribution in [3.05, 3.63) is 40.3 Å². The number of methoxy groups -OCH3 is 1. The molecular formula is C21H25NO7S. The van der Waals surface area contributed by atoms with Crippen LogP contribution in [0.25, 0.3) is 0 Å². The molecule has 0 radical (unpaired) electrons. The summed E-state index contributed by atoms with van der Waals surface area (Å²) in [6.45, 7) is 6.89. The topological polar surface area (TPSA) is 100 Å². The number of anilines is 1. The molecule has 0 aliphatic rings. The Bertz CT molecular complexity index is 922. The third-order valence-electron chi connectivity index (χ3n) is 4.07. The predicted octanol–water partition coefficient (Wildman–Crippen LogP) is 3.82. The number of benzene rings is 1. The van der Waals surface area contributed by atoms with E-state index in [-0.39, 0.29) is 28.7 Å². The Morgan fingerprint density at radius 3 is 2.23 bits per heavy atom. The van der Waals surface area contributed by atoms with E-state index < -0.39 is 23.9 Å². The lowest BCUT2D eigenvalue weighted by Crippen LogP contribution is -2.30. The zero-order valence-electron chi connectivity index (χ0n) is 17.6. The van der Waals surface area contributed by atoms with E-state index in [1.807, 2.05) is 0 Å². The lowest BCUT2D eigenvalue weighted by molar-refractivity contribution is -0.122. The number of carbonyl (C=O) groups is 3. The van der Waals surface area contributed by atoms with Crippen LogP contribution < -0.4 is 14.8 Å². The minimum Gasteiger partial charge on any atom is -0.493 e. The summed E-state index contributed by atoms with van der Waals surface area (Å²) in [7, 11) is 1.50. The molecule has 1 aromatic heterocycles. The average molecular weight is 435 g/mol. The standard InChI is InChI=1S/C21H25NO7S/c1-6-27-20(24)16-12(3)17(21(25)28-7-2)30-19(16)22-18(23)13(4)29-15-11-9-8-10-14(15)26-5/h8-11,13H,6-7H2,1-5H3,(H,22,23)/t13-/m1/s1. The Kier molecular flexibility index (Phi) is 8.23. The SMILES string of the molecule is CCOC(=O)c1sc(NC(=O)[C@@H](C)Oc2ccccc2OC)c(C(=O)OCC)c1C. The zero-order valence-corrected chi connectivity index (χ0v) is 18.4. The van der Waals surface area contributed by atoms with E-state index in [1.54, 1.807) is 52.0 Å². The summed E-state index contributed by atoms with van der Waals surface area (Å²) in [5.74, 6) is -0.799. The Morgan fingerprint density at radius 2 is 1.63 bits per heavy atom. The third kappa shape index (κ3) is 5.29. The molecule has 162 valence electrons. The number of carbonyl (C=O) groups excluding carboxylic acids is 3. The highest BCUT2D eigenvalue weighted by atomic mass is 32.1. The fourth-order valence-electron chi connectivity index (χ4n) is 2.62. The van der Waals surface area contributed by atoms with Crippen LogP contribution >= 0.6 is 11.3 Å².